The van der Waals surface area contributed by atoms with Crippen molar-refractivity contribution < 1.29 is 23.5 Å². The monoisotopic (exact) mass is 812 g/mol. The first kappa shape index (κ1) is 36.4. The van der Waals surface area contributed by atoms with Gasteiger partial charge < -0.3 is 35.0 Å². The number of fused-ring (bicyclic) bond motifs is 6. The molecule has 7 heterocycles. The van der Waals surface area contributed by atoms with Crippen molar-refractivity contribution in [1.82, 2.24) is 40.0 Å². The zero-order chi connectivity index (χ0) is 40.1. The summed E-state index contributed by atoms with van der Waals surface area (Å²) in [6.45, 7) is 4.31. The molecule has 0 bridgehead atoms. The molecule has 4 aromatic heterocycles. The van der Waals surface area contributed by atoms with Gasteiger partial charge in [-0.2, -0.15) is 0 Å². The lowest BCUT2D eigenvalue weighted by atomic mass is 9.89. The summed E-state index contributed by atoms with van der Waals surface area (Å²) in [5.41, 5.74) is 5.28. The smallest absolute Gasteiger partial charge is 0.407 e. The summed E-state index contributed by atoms with van der Waals surface area (Å²) >= 11 is 1.77. The topological polar surface area (TPSA) is 142 Å². The first-order valence-corrected chi connectivity index (χ1v) is 21.5. The number of halogens is 1. The van der Waals surface area contributed by atoms with Crippen LogP contribution in [-0.4, -0.2) is 67.1 Å². The molecule has 6 aromatic rings. The van der Waals surface area contributed by atoms with Crippen molar-refractivity contribution in [3.8, 4) is 39.5 Å². The van der Waals surface area contributed by atoms with Crippen LogP contribution in [0.2, 0.25) is 0 Å². The van der Waals surface area contributed by atoms with E-state index in [2.05, 4.69) is 73.7 Å². The number of thiophene rings is 1. The second-order valence-corrected chi connectivity index (χ2v) is 18.1. The summed E-state index contributed by atoms with van der Waals surface area (Å²) in [5.74, 6) is 2.45. The number of rotatable bonds is 9. The SMILES string of the molecule is COC(=O)NC(C(=O)N1CCCC1c1ncc(-c2cc(F)c3c(c2)OC(c2ccc(C4CC4)s2)n2c-3cc3cc(-c4cnc(C5CC6C=CC6N5)[nH]4)ccc32)[nH]1)C(C)C. The molecular formula is C45H45FN8O4S. The van der Waals surface area contributed by atoms with Crippen molar-refractivity contribution >= 4 is 34.2 Å². The standard InChI is InChI=1S/C45H45FN8O4S/c1-22(2)40(52-45(56)57-3)43(55)53-14-4-5-34(53)42-48-21-32(51-42)26-16-28(46)39-35-18-27-15-24(31-20-47-41(50-31)30-17-25-8-10-29(25)49-30)9-11-33(27)54(35)44(58-36(39)19-26)38-13-12-37(59-38)23-6-7-23/h8-13,15-16,18-23,25,29-30,34,40,44,49H,4-7,14,17H2,1-3H3,(H,47,50)(H,48,51)(H,52,56). The fraction of sp³-hybridized carbons (Fsp3) is 0.378. The molecule has 59 heavy (non-hydrogen) atoms. The van der Waals surface area contributed by atoms with E-state index in [-0.39, 0.29) is 23.9 Å². The highest BCUT2D eigenvalue weighted by Gasteiger charge is 2.39. The maximum atomic E-state index is 16.8. The summed E-state index contributed by atoms with van der Waals surface area (Å²) in [6.07, 6.45) is 11.9. The summed E-state index contributed by atoms with van der Waals surface area (Å²) in [5, 5.41) is 7.34. The molecule has 3 aliphatic heterocycles. The summed E-state index contributed by atoms with van der Waals surface area (Å²) in [4.78, 5) is 46.5. The first-order valence-electron chi connectivity index (χ1n) is 20.7. The van der Waals surface area contributed by atoms with Crippen LogP contribution >= 0.6 is 11.3 Å². The van der Waals surface area contributed by atoms with Crippen LogP contribution in [0, 0.1) is 17.7 Å². The van der Waals surface area contributed by atoms with Gasteiger partial charge in [-0.3, -0.25) is 9.36 Å². The van der Waals surface area contributed by atoms with Crippen LogP contribution in [0.15, 0.2) is 73.1 Å². The van der Waals surface area contributed by atoms with E-state index >= 15 is 4.39 Å². The van der Waals surface area contributed by atoms with Crippen molar-refractivity contribution in [2.75, 3.05) is 13.7 Å². The van der Waals surface area contributed by atoms with Gasteiger partial charge in [-0.1, -0.05) is 32.1 Å². The van der Waals surface area contributed by atoms with Crippen molar-refractivity contribution in [3.63, 3.8) is 0 Å². The number of aromatic amines is 2. The highest BCUT2D eigenvalue weighted by atomic mass is 32.1. The Morgan fingerprint density at radius 3 is 2.51 bits per heavy atom. The Hall–Kier alpha value is -5.73. The number of ether oxygens (including phenoxy) is 2. The fourth-order valence-corrected chi connectivity index (χ4v) is 10.6. The third-order valence-electron chi connectivity index (χ3n) is 12.8. The first-order chi connectivity index (χ1) is 28.7. The Labute approximate surface area is 344 Å². The molecule has 11 rings (SSSR count). The number of carbonyl (C=O) groups is 2. The number of hydrogen-bond donors (Lipinski definition) is 4. The van der Waals surface area contributed by atoms with Gasteiger partial charge in [0.15, 0.2) is 0 Å². The average Bonchev–Trinajstić information content (AvgIpc) is 3.89. The van der Waals surface area contributed by atoms with Crippen molar-refractivity contribution in [2.24, 2.45) is 11.8 Å². The number of benzene rings is 2. The van der Waals surface area contributed by atoms with Crippen LogP contribution in [0.25, 0.3) is 44.7 Å². The van der Waals surface area contributed by atoms with Gasteiger partial charge in [0, 0.05) is 34.0 Å². The molecule has 2 aromatic carbocycles. The zero-order valence-corrected chi connectivity index (χ0v) is 33.8. The maximum Gasteiger partial charge on any atom is 0.407 e. The number of nitrogens with one attached hydrogen (secondary N) is 4. The highest BCUT2D eigenvalue weighted by Crippen LogP contribution is 2.50. The van der Waals surface area contributed by atoms with Crippen LogP contribution in [0.4, 0.5) is 9.18 Å². The van der Waals surface area contributed by atoms with E-state index in [1.807, 2.05) is 26.1 Å². The van der Waals surface area contributed by atoms with Gasteiger partial charge >= 0.3 is 6.09 Å². The van der Waals surface area contributed by atoms with Crippen LogP contribution in [0.5, 0.6) is 5.75 Å². The Bertz CT molecular complexity index is 2660. The van der Waals surface area contributed by atoms with Gasteiger partial charge in [0.05, 0.1) is 64.6 Å². The van der Waals surface area contributed by atoms with Gasteiger partial charge in [-0.15, -0.1) is 11.3 Å². The number of nitrogens with zero attached hydrogens (tertiary/aromatic N) is 4. The molecule has 2 saturated heterocycles. The number of hydrogen-bond acceptors (Lipinski definition) is 8. The van der Waals surface area contributed by atoms with Gasteiger partial charge in [0.25, 0.3) is 0 Å². The van der Waals surface area contributed by atoms with Crippen molar-refractivity contribution in [2.45, 2.75) is 82.3 Å². The van der Waals surface area contributed by atoms with Gasteiger partial charge in [0.1, 0.15) is 29.3 Å². The summed E-state index contributed by atoms with van der Waals surface area (Å²) in [6, 6.07) is 15.8. The van der Waals surface area contributed by atoms with Crippen molar-refractivity contribution in [1.29, 1.82) is 0 Å². The third-order valence-corrected chi connectivity index (χ3v) is 14.1. The minimum atomic E-state index is -0.742. The molecule has 0 spiro atoms. The minimum Gasteiger partial charge on any atom is -0.464 e. The summed E-state index contributed by atoms with van der Waals surface area (Å²) in [7, 11) is 1.28. The van der Waals surface area contributed by atoms with E-state index in [0.29, 0.717) is 59.2 Å². The molecule has 5 aliphatic rings. The molecule has 4 N–H and O–H groups in total. The fourth-order valence-electron chi connectivity index (χ4n) is 9.43. The largest absolute Gasteiger partial charge is 0.464 e. The Kier molecular flexibility index (Phi) is 8.59. The number of imidazole rings is 2. The molecule has 302 valence electrons. The van der Waals surface area contributed by atoms with Crippen LogP contribution in [-0.2, 0) is 9.53 Å². The quantitative estimate of drug-likeness (QED) is 0.107. The number of H-pyrrole nitrogens is 2. The lowest BCUT2D eigenvalue weighted by Crippen LogP contribution is -2.51. The number of carbonyl (C=O) groups excluding carboxylic acids is 2. The van der Waals surface area contributed by atoms with Crippen LogP contribution < -0.4 is 15.4 Å². The number of alkyl carbamates (subject to hydrolysis) is 1. The van der Waals surface area contributed by atoms with Gasteiger partial charge in [-0.25, -0.2) is 19.2 Å². The number of methoxy groups -OCH3 is 1. The molecule has 2 aliphatic carbocycles. The lowest BCUT2D eigenvalue weighted by molar-refractivity contribution is -0.135. The predicted molar refractivity (Wildman–Crippen MR) is 222 cm³/mol. The predicted octanol–water partition coefficient (Wildman–Crippen LogP) is 8.74. The van der Waals surface area contributed by atoms with Crippen LogP contribution in [0.1, 0.15) is 91.6 Å². The van der Waals surface area contributed by atoms with E-state index in [0.717, 1.165) is 51.4 Å². The Morgan fingerprint density at radius 2 is 1.76 bits per heavy atom. The van der Waals surface area contributed by atoms with E-state index in [1.54, 1.807) is 22.4 Å². The summed E-state index contributed by atoms with van der Waals surface area (Å²) < 4.78 is 30.6. The molecule has 14 heteroatoms. The maximum absolute atomic E-state index is 16.8. The average molecular weight is 813 g/mol. The van der Waals surface area contributed by atoms with E-state index < -0.39 is 24.2 Å². The van der Waals surface area contributed by atoms with E-state index in [9.17, 15) is 9.59 Å². The zero-order valence-electron chi connectivity index (χ0n) is 33.0. The molecule has 6 unspecified atom stereocenters. The van der Waals surface area contributed by atoms with E-state index in [1.165, 1.54) is 30.9 Å². The molecule has 2 amide bonds. The number of likely N-dealkylation sites (tertiary alicyclic amines) is 1. The Balaban J connectivity index is 0.931. The van der Waals surface area contributed by atoms with E-state index in [4.69, 9.17) is 19.4 Å². The second-order valence-electron chi connectivity index (χ2n) is 16.9. The third kappa shape index (κ3) is 6.17. The molecular weight excluding hydrogens is 768 g/mol. The van der Waals surface area contributed by atoms with Crippen LogP contribution in [0.3, 0.4) is 0 Å². The van der Waals surface area contributed by atoms with Crippen molar-refractivity contribution in [3.05, 3.63) is 100 Å². The lowest BCUT2D eigenvalue weighted by Gasteiger charge is -2.30. The molecule has 6 atom stereocenters. The molecule has 12 nitrogen and oxygen atoms in total. The normalized spacial score (nSPS) is 23.5. The second kappa shape index (κ2) is 13.9. The Morgan fingerprint density at radius 1 is 0.966 bits per heavy atom. The minimum absolute atomic E-state index is 0.149. The number of amides is 2. The van der Waals surface area contributed by atoms with Gasteiger partial charge in [-0.05, 0) is 92.3 Å². The molecule has 3 fully saturated rings. The molecule has 1 saturated carbocycles. The van der Waals surface area contributed by atoms with Gasteiger partial charge in [0.2, 0.25) is 12.1 Å². The highest BCUT2D eigenvalue weighted by molar-refractivity contribution is 7.12. The number of aromatic nitrogens is 5. The molecule has 0 radical (unpaired) electrons.